The van der Waals surface area contributed by atoms with Gasteiger partial charge in [0.2, 0.25) is 15.9 Å². The molecule has 0 saturated carbocycles. The van der Waals surface area contributed by atoms with Gasteiger partial charge in [0.25, 0.3) is 0 Å². The molecule has 0 fully saturated rings. The summed E-state index contributed by atoms with van der Waals surface area (Å²) >= 11 is 6.03. The Hall–Kier alpha value is -2.05. The molecule has 0 heterocycles. The second-order valence-corrected chi connectivity index (χ2v) is 10.7. The van der Waals surface area contributed by atoms with Gasteiger partial charge in [0, 0.05) is 5.02 Å². The first-order valence-corrected chi connectivity index (χ1v) is 11.7. The van der Waals surface area contributed by atoms with Crippen LogP contribution in [0.4, 0.5) is 5.69 Å². The Morgan fingerprint density at radius 2 is 1.72 bits per heavy atom. The predicted molar refractivity (Wildman–Crippen MR) is 120 cm³/mol. The van der Waals surface area contributed by atoms with Gasteiger partial charge in [-0.05, 0) is 48.1 Å². The number of halogens is 1. The molecule has 1 amide bonds. The summed E-state index contributed by atoms with van der Waals surface area (Å²) in [5.74, 6) is -0.387. The monoisotopic (exact) mass is 436 g/mol. The minimum atomic E-state index is -3.66. The van der Waals surface area contributed by atoms with Crippen LogP contribution >= 0.6 is 11.6 Å². The topological polar surface area (TPSA) is 66.5 Å². The lowest BCUT2D eigenvalue weighted by Gasteiger charge is -2.25. The van der Waals surface area contributed by atoms with Crippen molar-refractivity contribution in [1.29, 1.82) is 0 Å². The van der Waals surface area contributed by atoms with E-state index in [9.17, 15) is 13.2 Å². The van der Waals surface area contributed by atoms with Gasteiger partial charge in [-0.25, -0.2) is 8.42 Å². The zero-order chi connectivity index (χ0) is 22.0. The van der Waals surface area contributed by atoms with E-state index in [4.69, 9.17) is 11.6 Å². The molecule has 2 aromatic rings. The Morgan fingerprint density at radius 1 is 1.14 bits per heavy atom. The molecule has 2 rings (SSSR count). The van der Waals surface area contributed by atoms with Gasteiger partial charge in [-0.3, -0.25) is 9.10 Å². The smallest absolute Gasteiger partial charge is 0.241 e. The average Bonchev–Trinajstić information content (AvgIpc) is 2.60. The highest BCUT2D eigenvalue weighted by molar-refractivity contribution is 7.92. The average molecular weight is 437 g/mol. The number of anilines is 1. The van der Waals surface area contributed by atoms with Gasteiger partial charge in [0.1, 0.15) is 6.54 Å². The second-order valence-electron chi connectivity index (χ2n) is 8.36. The molecule has 5 nitrogen and oxygen atoms in total. The van der Waals surface area contributed by atoms with Crippen molar-refractivity contribution in [1.82, 2.24) is 5.32 Å². The van der Waals surface area contributed by atoms with E-state index in [0.29, 0.717) is 10.7 Å². The van der Waals surface area contributed by atoms with Crippen LogP contribution < -0.4 is 9.62 Å². The quantitative estimate of drug-likeness (QED) is 0.720. The predicted octanol–water partition coefficient (Wildman–Crippen LogP) is 4.59. The van der Waals surface area contributed by atoms with Crippen molar-refractivity contribution in [3.63, 3.8) is 0 Å². The first-order valence-electron chi connectivity index (χ1n) is 9.42. The van der Waals surface area contributed by atoms with Gasteiger partial charge in [0.15, 0.2) is 0 Å². The van der Waals surface area contributed by atoms with Gasteiger partial charge in [-0.2, -0.15) is 0 Å². The van der Waals surface area contributed by atoms with E-state index in [-0.39, 0.29) is 23.9 Å². The maximum atomic E-state index is 12.6. The molecule has 0 bridgehead atoms. The number of benzene rings is 2. The fraction of sp³-hybridized carbons (Fsp3) is 0.409. The van der Waals surface area contributed by atoms with Crippen molar-refractivity contribution in [3.8, 4) is 0 Å². The lowest BCUT2D eigenvalue weighted by Crippen LogP contribution is -2.41. The molecule has 7 heteroatoms. The van der Waals surface area contributed by atoms with Crippen LogP contribution in [0.1, 0.15) is 50.4 Å². The summed E-state index contributed by atoms with van der Waals surface area (Å²) in [6, 6.07) is 12.8. The van der Waals surface area contributed by atoms with Crippen LogP contribution in [-0.2, 0) is 20.2 Å². The number of carbonyl (C=O) groups excluding carboxylic acids is 1. The van der Waals surface area contributed by atoms with E-state index >= 15 is 0 Å². The largest absolute Gasteiger partial charge is 0.348 e. The van der Waals surface area contributed by atoms with E-state index in [1.807, 2.05) is 19.1 Å². The second kappa shape index (κ2) is 8.76. The number of carbonyl (C=O) groups is 1. The maximum Gasteiger partial charge on any atom is 0.241 e. The Balaban J connectivity index is 2.17. The summed E-state index contributed by atoms with van der Waals surface area (Å²) in [7, 11) is -3.66. The van der Waals surface area contributed by atoms with Crippen molar-refractivity contribution >= 4 is 33.2 Å². The van der Waals surface area contributed by atoms with Gasteiger partial charge in [-0.1, -0.05) is 62.7 Å². The third kappa shape index (κ3) is 6.21. The minimum absolute atomic E-state index is 0.0514. The Morgan fingerprint density at radius 3 is 2.24 bits per heavy atom. The van der Waals surface area contributed by atoms with Crippen molar-refractivity contribution in [2.45, 2.75) is 46.1 Å². The molecule has 0 saturated heterocycles. The number of hydrogen-bond acceptors (Lipinski definition) is 3. The van der Waals surface area contributed by atoms with Crippen LogP contribution in [0.15, 0.2) is 42.5 Å². The van der Waals surface area contributed by atoms with Crippen LogP contribution in [0.25, 0.3) is 0 Å². The highest BCUT2D eigenvalue weighted by Crippen LogP contribution is 2.27. The summed E-state index contributed by atoms with van der Waals surface area (Å²) in [6.07, 6.45) is 1.08. The minimum Gasteiger partial charge on any atom is -0.348 e. The zero-order valence-electron chi connectivity index (χ0n) is 17.8. The number of nitrogens with zero attached hydrogens (tertiary/aromatic N) is 1. The molecular weight excluding hydrogens is 408 g/mol. The Kier molecular flexibility index (Phi) is 7.01. The molecule has 0 aliphatic carbocycles. The molecular formula is C22H29ClN2O3S. The first-order chi connectivity index (χ1) is 13.3. The number of nitrogens with one attached hydrogen (secondary N) is 1. The summed E-state index contributed by atoms with van der Waals surface area (Å²) in [6.45, 7) is 9.77. The molecule has 1 N–H and O–H groups in total. The number of hydrogen-bond donors (Lipinski definition) is 1. The molecule has 0 unspecified atom stereocenters. The van der Waals surface area contributed by atoms with E-state index in [1.165, 1.54) is 5.56 Å². The molecule has 0 aliphatic rings. The van der Waals surface area contributed by atoms with Crippen LogP contribution in [0.2, 0.25) is 5.02 Å². The normalized spacial score (nSPS) is 13.1. The summed E-state index contributed by atoms with van der Waals surface area (Å²) in [4.78, 5) is 12.6. The van der Waals surface area contributed by atoms with Crippen LogP contribution in [-0.4, -0.2) is 27.1 Å². The molecule has 2 aromatic carbocycles. The van der Waals surface area contributed by atoms with E-state index in [2.05, 4.69) is 38.2 Å². The molecule has 1 atom stereocenters. The van der Waals surface area contributed by atoms with Crippen molar-refractivity contribution in [3.05, 3.63) is 64.2 Å². The number of amides is 1. The van der Waals surface area contributed by atoms with E-state index in [0.717, 1.165) is 21.7 Å². The third-order valence-electron chi connectivity index (χ3n) is 4.78. The van der Waals surface area contributed by atoms with Crippen molar-refractivity contribution in [2.24, 2.45) is 0 Å². The van der Waals surface area contributed by atoms with Gasteiger partial charge in [-0.15, -0.1) is 0 Å². The third-order valence-corrected chi connectivity index (χ3v) is 6.14. The lowest BCUT2D eigenvalue weighted by molar-refractivity contribution is -0.120. The highest BCUT2D eigenvalue weighted by Gasteiger charge is 2.23. The summed E-state index contributed by atoms with van der Waals surface area (Å²) < 4.78 is 25.7. The van der Waals surface area contributed by atoms with Crippen LogP contribution in [0.3, 0.4) is 0 Å². The highest BCUT2D eigenvalue weighted by atomic mass is 35.5. The SMILES string of the molecule is Cc1ccc(Cl)cc1N(CC(=O)N[C@@H](C)c1ccc(C(C)(C)C)cc1)S(C)(=O)=O. The van der Waals surface area contributed by atoms with Crippen molar-refractivity contribution < 1.29 is 13.2 Å². The lowest BCUT2D eigenvalue weighted by atomic mass is 9.86. The molecule has 0 aromatic heterocycles. The number of sulfonamides is 1. The summed E-state index contributed by atoms with van der Waals surface area (Å²) in [5, 5.41) is 3.29. The molecule has 0 aliphatic heterocycles. The molecule has 158 valence electrons. The fourth-order valence-electron chi connectivity index (χ4n) is 3.00. The number of aryl methyl sites for hydroxylation is 1. The maximum absolute atomic E-state index is 12.6. The van der Waals surface area contributed by atoms with Gasteiger partial charge >= 0.3 is 0 Å². The van der Waals surface area contributed by atoms with E-state index in [1.54, 1.807) is 25.1 Å². The number of rotatable bonds is 6. The first kappa shape index (κ1) is 23.2. The summed E-state index contributed by atoms with van der Waals surface area (Å²) in [5.41, 5.74) is 3.34. The Bertz CT molecular complexity index is 980. The molecule has 0 spiro atoms. The molecule has 0 radical (unpaired) electrons. The standard InChI is InChI=1S/C22H29ClN2O3S/c1-15-7-12-19(23)13-20(15)25(29(6,27)28)14-21(26)24-16(2)17-8-10-18(11-9-17)22(3,4)5/h7-13,16H,14H2,1-6H3,(H,24,26)/t16-/m0/s1. The zero-order valence-corrected chi connectivity index (χ0v) is 19.4. The van der Waals surface area contributed by atoms with E-state index < -0.39 is 10.0 Å². The van der Waals surface area contributed by atoms with Gasteiger partial charge in [0.05, 0.1) is 18.0 Å². The Labute approximate surface area is 179 Å². The van der Waals surface area contributed by atoms with Crippen LogP contribution in [0.5, 0.6) is 0 Å². The van der Waals surface area contributed by atoms with Crippen LogP contribution in [0, 0.1) is 6.92 Å². The van der Waals surface area contributed by atoms with Crippen molar-refractivity contribution in [2.75, 3.05) is 17.1 Å². The molecule has 29 heavy (non-hydrogen) atoms. The van der Waals surface area contributed by atoms with Gasteiger partial charge < -0.3 is 5.32 Å². The fourth-order valence-corrected chi connectivity index (χ4v) is 4.08.